The highest BCUT2D eigenvalue weighted by Crippen LogP contribution is 2.27. The van der Waals surface area contributed by atoms with E-state index in [1.165, 1.54) is 18.4 Å². The van der Waals surface area contributed by atoms with Crippen LogP contribution in [0.1, 0.15) is 39.2 Å². The number of hydrogen-bond acceptors (Lipinski definition) is 2. The molecule has 0 heterocycles. The summed E-state index contributed by atoms with van der Waals surface area (Å²) < 4.78 is 0. The first-order valence-electron chi connectivity index (χ1n) is 7.69. The Labute approximate surface area is 118 Å². The van der Waals surface area contributed by atoms with Crippen molar-refractivity contribution >= 4 is 0 Å². The zero-order chi connectivity index (χ0) is 13.7. The van der Waals surface area contributed by atoms with E-state index in [-0.39, 0.29) is 5.41 Å². The van der Waals surface area contributed by atoms with Gasteiger partial charge in [-0.3, -0.25) is 0 Å². The molecule has 0 radical (unpaired) electrons. The molecule has 1 aliphatic carbocycles. The molecule has 2 rings (SSSR count). The average molecular weight is 260 g/mol. The van der Waals surface area contributed by atoms with Gasteiger partial charge in [0.2, 0.25) is 0 Å². The molecule has 0 saturated heterocycles. The quantitative estimate of drug-likeness (QED) is 0.773. The minimum absolute atomic E-state index is 0.204. The van der Waals surface area contributed by atoms with Crippen molar-refractivity contribution in [3.05, 3.63) is 35.9 Å². The molecule has 0 spiro atoms. The van der Waals surface area contributed by atoms with Crippen LogP contribution < -0.4 is 5.32 Å². The van der Waals surface area contributed by atoms with Gasteiger partial charge in [0.15, 0.2) is 0 Å². The molecule has 1 saturated carbocycles. The molecule has 0 aliphatic heterocycles. The van der Waals surface area contributed by atoms with Crippen molar-refractivity contribution in [2.24, 2.45) is 0 Å². The Morgan fingerprint density at radius 1 is 1.16 bits per heavy atom. The van der Waals surface area contributed by atoms with Gasteiger partial charge in [0, 0.05) is 24.5 Å². The topological polar surface area (TPSA) is 15.3 Å². The lowest BCUT2D eigenvalue weighted by Gasteiger charge is -2.35. The van der Waals surface area contributed by atoms with Crippen LogP contribution in [0.25, 0.3) is 0 Å². The minimum Gasteiger partial charge on any atom is -0.313 e. The smallest absolute Gasteiger partial charge is 0.0177 e. The highest BCUT2D eigenvalue weighted by molar-refractivity contribution is 5.26. The molecule has 106 valence electrons. The zero-order valence-corrected chi connectivity index (χ0v) is 12.7. The molecule has 0 amide bonds. The Morgan fingerprint density at radius 2 is 1.79 bits per heavy atom. The summed E-state index contributed by atoms with van der Waals surface area (Å²) in [7, 11) is 0. The Bertz CT molecular complexity index is 368. The van der Waals surface area contributed by atoms with Gasteiger partial charge in [-0.25, -0.2) is 0 Å². The van der Waals surface area contributed by atoms with Crippen LogP contribution in [-0.4, -0.2) is 37.1 Å². The first kappa shape index (κ1) is 14.5. The second-order valence-electron chi connectivity index (χ2n) is 6.04. The fraction of sp³-hybridized carbons (Fsp3) is 0.647. The zero-order valence-electron chi connectivity index (χ0n) is 12.7. The normalized spacial score (nSPS) is 18.5. The van der Waals surface area contributed by atoms with Crippen LogP contribution >= 0.6 is 0 Å². The van der Waals surface area contributed by atoms with Crippen LogP contribution in [0, 0.1) is 0 Å². The molecule has 1 atom stereocenters. The van der Waals surface area contributed by atoms with Gasteiger partial charge in [0.05, 0.1) is 0 Å². The van der Waals surface area contributed by atoms with E-state index in [0.717, 1.165) is 32.2 Å². The van der Waals surface area contributed by atoms with Gasteiger partial charge >= 0.3 is 0 Å². The molecule has 0 bridgehead atoms. The number of nitrogens with one attached hydrogen (secondary N) is 1. The highest BCUT2D eigenvalue weighted by Gasteiger charge is 2.31. The first-order chi connectivity index (χ1) is 9.18. The van der Waals surface area contributed by atoms with E-state index in [1.54, 1.807) is 0 Å². The standard InChI is InChI=1S/C17H28N2/c1-4-19(5-2)14-17(3,13-18-16-11-12-16)15-9-7-6-8-10-15/h6-10,16,18H,4-5,11-14H2,1-3H3. The summed E-state index contributed by atoms with van der Waals surface area (Å²) >= 11 is 0. The summed E-state index contributed by atoms with van der Waals surface area (Å²) in [6, 6.07) is 11.8. The number of likely N-dealkylation sites (N-methyl/N-ethyl adjacent to an activating group) is 1. The van der Waals surface area contributed by atoms with E-state index in [9.17, 15) is 0 Å². The summed E-state index contributed by atoms with van der Waals surface area (Å²) in [5.41, 5.74) is 1.66. The average Bonchev–Trinajstić information content (AvgIpc) is 3.28. The van der Waals surface area contributed by atoms with E-state index >= 15 is 0 Å². The number of benzene rings is 1. The minimum atomic E-state index is 0.204. The monoisotopic (exact) mass is 260 g/mol. The van der Waals surface area contributed by atoms with Crippen molar-refractivity contribution in [2.45, 2.75) is 45.1 Å². The molecule has 1 unspecified atom stereocenters. The van der Waals surface area contributed by atoms with Crippen LogP contribution in [0.2, 0.25) is 0 Å². The van der Waals surface area contributed by atoms with Crippen molar-refractivity contribution < 1.29 is 0 Å². The first-order valence-corrected chi connectivity index (χ1v) is 7.69. The van der Waals surface area contributed by atoms with Gasteiger partial charge in [0.25, 0.3) is 0 Å². The molecule has 1 aromatic rings. The predicted molar refractivity (Wildman–Crippen MR) is 82.6 cm³/mol. The lowest BCUT2D eigenvalue weighted by atomic mass is 9.81. The molecule has 1 aliphatic rings. The molecule has 0 aromatic heterocycles. The molecule has 19 heavy (non-hydrogen) atoms. The van der Waals surface area contributed by atoms with Crippen molar-refractivity contribution in [3.63, 3.8) is 0 Å². The van der Waals surface area contributed by atoms with E-state index in [1.807, 2.05) is 0 Å². The van der Waals surface area contributed by atoms with Crippen molar-refractivity contribution in [1.29, 1.82) is 0 Å². The molecular formula is C17H28N2. The van der Waals surface area contributed by atoms with Crippen LogP contribution in [0.4, 0.5) is 0 Å². The van der Waals surface area contributed by atoms with Crippen LogP contribution in [0.3, 0.4) is 0 Å². The van der Waals surface area contributed by atoms with Crippen molar-refractivity contribution in [3.8, 4) is 0 Å². The maximum Gasteiger partial charge on any atom is 0.0177 e. The van der Waals surface area contributed by atoms with Crippen molar-refractivity contribution in [2.75, 3.05) is 26.2 Å². The molecular weight excluding hydrogens is 232 g/mol. The third kappa shape index (κ3) is 4.05. The van der Waals surface area contributed by atoms with E-state index in [2.05, 4.69) is 61.3 Å². The lowest BCUT2D eigenvalue weighted by Crippen LogP contribution is -2.46. The maximum absolute atomic E-state index is 3.72. The van der Waals surface area contributed by atoms with E-state index < -0.39 is 0 Å². The molecule has 1 N–H and O–H groups in total. The molecule has 1 fully saturated rings. The number of nitrogens with zero attached hydrogens (tertiary/aromatic N) is 1. The molecule has 2 heteroatoms. The van der Waals surface area contributed by atoms with Gasteiger partial charge in [-0.15, -0.1) is 0 Å². The third-order valence-corrected chi connectivity index (χ3v) is 4.30. The van der Waals surface area contributed by atoms with Crippen LogP contribution in [0.15, 0.2) is 30.3 Å². The van der Waals surface area contributed by atoms with Crippen molar-refractivity contribution in [1.82, 2.24) is 10.2 Å². The molecule has 2 nitrogen and oxygen atoms in total. The summed E-state index contributed by atoms with van der Waals surface area (Å²) in [4.78, 5) is 2.53. The van der Waals surface area contributed by atoms with Gasteiger partial charge in [-0.05, 0) is 31.5 Å². The fourth-order valence-electron chi connectivity index (χ4n) is 2.69. The van der Waals surface area contributed by atoms with Crippen LogP contribution in [0.5, 0.6) is 0 Å². The third-order valence-electron chi connectivity index (χ3n) is 4.30. The number of rotatable bonds is 8. The summed E-state index contributed by atoms with van der Waals surface area (Å²) in [5, 5.41) is 3.72. The van der Waals surface area contributed by atoms with Gasteiger partial charge in [0.1, 0.15) is 0 Å². The molecule has 1 aromatic carbocycles. The second-order valence-corrected chi connectivity index (χ2v) is 6.04. The summed E-state index contributed by atoms with van der Waals surface area (Å²) in [6.45, 7) is 11.4. The van der Waals surface area contributed by atoms with E-state index in [4.69, 9.17) is 0 Å². The van der Waals surface area contributed by atoms with Crippen LogP contribution in [-0.2, 0) is 5.41 Å². The SMILES string of the molecule is CCN(CC)CC(C)(CNC1CC1)c1ccccc1. The number of hydrogen-bond donors (Lipinski definition) is 1. The van der Waals surface area contributed by atoms with Gasteiger partial charge in [-0.2, -0.15) is 0 Å². The summed E-state index contributed by atoms with van der Waals surface area (Å²) in [5.74, 6) is 0. The second kappa shape index (κ2) is 6.53. The Morgan fingerprint density at radius 3 is 2.32 bits per heavy atom. The fourth-order valence-corrected chi connectivity index (χ4v) is 2.69. The predicted octanol–water partition coefficient (Wildman–Crippen LogP) is 3.04. The van der Waals surface area contributed by atoms with E-state index in [0.29, 0.717) is 0 Å². The maximum atomic E-state index is 3.72. The Hall–Kier alpha value is -0.860. The Balaban J connectivity index is 2.10. The highest BCUT2D eigenvalue weighted by atomic mass is 15.1. The van der Waals surface area contributed by atoms with Gasteiger partial charge in [-0.1, -0.05) is 51.1 Å². The lowest BCUT2D eigenvalue weighted by molar-refractivity contribution is 0.228. The van der Waals surface area contributed by atoms with Gasteiger partial charge < -0.3 is 10.2 Å². The Kier molecular flexibility index (Phi) is 5.00. The largest absolute Gasteiger partial charge is 0.313 e. The summed E-state index contributed by atoms with van der Waals surface area (Å²) in [6.07, 6.45) is 2.71.